The van der Waals surface area contributed by atoms with Gasteiger partial charge in [0.25, 0.3) is 0 Å². The molecule has 1 fully saturated rings. The molecule has 76 valence electrons. The van der Waals surface area contributed by atoms with Crippen molar-refractivity contribution in [2.75, 3.05) is 7.05 Å². The van der Waals surface area contributed by atoms with Crippen LogP contribution < -0.4 is 5.32 Å². The number of hydrogen-bond acceptors (Lipinski definition) is 1. The van der Waals surface area contributed by atoms with Gasteiger partial charge in [-0.15, -0.1) is 0 Å². The summed E-state index contributed by atoms with van der Waals surface area (Å²) in [6.45, 7) is 0.809. The molecule has 2 heteroatoms. The lowest BCUT2D eigenvalue weighted by Crippen LogP contribution is -2.28. The van der Waals surface area contributed by atoms with Crippen LogP contribution in [0.25, 0.3) is 0 Å². The molecule has 0 spiro atoms. The Morgan fingerprint density at radius 2 is 2.21 bits per heavy atom. The lowest BCUT2D eigenvalue weighted by molar-refractivity contribution is 0.0608. The van der Waals surface area contributed by atoms with Crippen molar-refractivity contribution in [2.24, 2.45) is 0 Å². The van der Waals surface area contributed by atoms with E-state index in [-0.39, 0.29) is 0 Å². The zero-order valence-electron chi connectivity index (χ0n) is 8.52. The van der Waals surface area contributed by atoms with Crippen LogP contribution in [0.5, 0.6) is 0 Å². The van der Waals surface area contributed by atoms with E-state index in [9.17, 15) is 4.39 Å². The number of benzene rings is 1. The Hall–Kier alpha value is -0.890. The highest BCUT2D eigenvalue weighted by atomic mass is 19.1. The van der Waals surface area contributed by atoms with Crippen molar-refractivity contribution in [3.63, 3.8) is 0 Å². The second kappa shape index (κ2) is 3.70. The van der Waals surface area contributed by atoms with Gasteiger partial charge in [-0.1, -0.05) is 24.3 Å². The van der Waals surface area contributed by atoms with Crippen molar-refractivity contribution in [2.45, 2.75) is 31.5 Å². The predicted octanol–water partition coefficient (Wildman–Crippen LogP) is 2.75. The summed E-state index contributed by atoms with van der Waals surface area (Å²) in [5.74, 6) is 0. The summed E-state index contributed by atoms with van der Waals surface area (Å²) in [5.41, 5.74) is 0.995. The van der Waals surface area contributed by atoms with Crippen molar-refractivity contribution < 1.29 is 4.39 Å². The Kier molecular flexibility index (Phi) is 2.55. The number of hydrogen-bond donors (Lipinski definition) is 1. The fourth-order valence-corrected chi connectivity index (χ4v) is 1.94. The fourth-order valence-electron chi connectivity index (χ4n) is 1.94. The zero-order valence-corrected chi connectivity index (χ0v) is 8.52. The second-order valence-corrected chi connectivity index (χ2v) is 4.05. The first-order valence-corrected chi connectivity index (χ1v) is 5.17. The third-order valence-corrected chi connectivity index (χ3v) is 2.97. The Labute approximate surface area is 84.3 Å². The van der Waals surface area contributed by atoms with Crippen LogP contribution in [0.3, 0.4) is 0 Å². The summed E-state index contributed by atoms with van der Waals surface area (Å²) < 4.78 is 14.0. The molecule has 1 nitrogen and oxygen atoms in total. The molecule has 0 heterocycles. The van der Waals surface area contributed by atoms with Crippen molar-refractivity contribution in [1.82, 2.24) is 5.32 Å². The van der Waals surface area contributed by atoms with E-state index in [2.05, 4.69) is 5.32 Å². The first-order valence-electron chi connectivity index (χ1n) is 5.17. The number of rotatable bonds is 3. The Balaban J connectivity index is 2.21. The molecular formula is C12H16FN. The van der Waals surface area contributed by atoms with Crippen molar-refractivity contribution in [3.8, 4) is 0 Å². The highest BCUT2D eigenvalue weighted by Gasteiger charge is 2.38. The molecule has 2 rings (SSSR count). The minimum Gasteiger partial charge on any atom is -0.316 e. The van der Waals surface area contributed by atoms with Gasteiger partial charge in [-0.3, -0.25) is 0 Å². The quantitative estimate of drug-likeness (QED) is 0.778. The molecule has 0 bridgehead atoms. The van der Waals surface area contributed by atoms with Gasteiger partial charge in [-0.2, -0.15) is 0 Å². The first kappa shape index (κ1) is 9.66. The van der Waals surface area contributed by atoms with E-state index in [0.717, 1.165) is 24.1 Å². The molecule has 1 aliphatic rings. The molecule has 0 saturated heterocycles. The van der Waals surface area contributed by atoms with Crippen LogP contribution in [0, 0.1) is 0 Å². The van der Waals surface area contributed by atoms with Gasteiger partial charge in [0, 0.05) is 6.54 Å². The Bertz CT molecular complexity index is 318. The fraction of sp³-hybridized carbons (Fsp3) is 0.500. The molecule has 0 aliphatic heterocycles. The molecule has 14 heavy (non-hydrogen) atoms. The van der Waals surface area contributed by atoms with Crippen LogP contribution in [-0.2, 0) is 12.2 Å². The van der Waals surface area contributed by atoms with E-state index in [1.165, 1.54) is 0 Å². The summed E-state index contributed by atoms with van der Waals surface area (Å²) in [6, 6.07) is 7.86. The molecule has 0 amide bonds. The van der Waals surface area contributed by atoms with Crippen LogP contribution in [0.1, 0.15) is 30.4 Å². The molecule has 0 atom stereocenters. The summed E-state index contributed by atoms with van der Waals surface area (Å²) in [4.78, 5) is 0. The third kappa shape index (κ3) is 1.67. The van der Waals surface area contributed by atoms with Crippen LogP contribution >= 0.6 is 0 Å². The predicted molar refractivity (Wildman–Crippen MR) is 55.8 cm³/mol. The van der Waals surface area contributed by atoms with Gasteiger partial charge in [-0.05, 0) is 37.4 Å². The van der Waals surface area contributed by atoms with Crippen LogP contribution in [0.2, 0.25) is 0 Å². The molecule has 1 aromatic rings. The molecule has 0 unspecified atom stereocenters. The smallest absolute Gasteiger partial charge is 0.136 e. The van der Waals surface area contributed by atoms with Crippen LogP contribution in [-0.4, -0.2) is 7.05 Å². The van der Waals surface area contributed by atoms with E-state index in [1.54, 1.807) is 0 Å². The van der Waals surface area contributed by atoms with Gasteiger partial charge in [0.05, 0.1) is 0 Å². The van der Waals surface area contributed by atoms with E-state index in [0.29, 0.717) is 12.8 Å². The van der Waals surface area contributed by atoms with E-state index >= 15 is 0 Å². The van der Waals surface area contributed by atoms with E-state index in [4.69, 9.17) is 0 Å². The summed E-state index contributed by atoms with van der Waals surface area (Å²) in [5, 5.41) is 3.08. The number of nitrogens with one attached hydrogen (secondary N) is 1. The SMILES string of the molecule is CNCc1cccc(C2(F)CCC2)c1. The summed E-state index contributed by atoms with van der Waals surface area (Å²) >= 11 is 0. The average molecular weight is 193 g/mol. The van der Waals surface area contributed by atoms with Gasteiger partial charge in [0.15, 0.2) is 0 Å². The van der Waals surface area contributed by atoms with Gasteiger partial charge >= 0.3 is 0 Å². The van der Waals surface area contributed by atoms with Crippen LogP contribution in [0.4, 0.5) is 4.39 Å². The maximum Gasteiger partial charge on any atom is 0.136 e. The standard InChI is InChI=1S/C12H16FN/c1-14-9-10-4-2-5-11(8-10)12(13)6-3-7-12/h2,4-5,8,14H,3,6-7,9H2,1H3. The lowest BCUT2D eigenvalue weighted by Gasteiger charge is -2.34. The van der Waals surface area contributed by atoms with E-state index < -0.39 is 5.67 Å². The minimum atomic E-state index is -1.02. The highest BCUT2D eigenvalue weighted by Crippen LogP contribution is 2.44. The monoisotopic (exact) mass is 193 g/mol. The average Bonchev–Trinajstić information content (AvgIpc) is 2.15. The molecule has 1 aliphatic carbocycles. The molecule has 0 radical (unpaired) electrons. The normalized spacial score (nSPS) is 19.0. The molecule has 1 aromatic carbocycles. The van der Waals surface area contributed by atoms with Gasteiger partial charge in [0.1, 0.15) is 5.67 Å². The Morgan fingerprint density at radius 3 is 2.79 bits per heavy atom. The minimum absolute atomic E-state index is 0.690. The lowest BCUT2D eigenvalue weighted by atomic mass is 9.76. The van der Waals surface area contributed by atoms with Gasteiger partial charge < -0.3 is 5.32 Å². The van der Waals surface area contributed by atoms with Crippen molar-refractivity contribution in [1.29, 1.82) is 0 Å². The maximum absolute atomic E-state index is 14.0. The van der Waals surface area contributed by atoms with E-state index in [1.807, 2.05) is 31.3 Å². The second-order valence-electron chi connectivity index (χ2n) is 4.05. The maximum atomic E-state index is 14.0. The summed E-state index contributed by atoms with van der Waals surface area (Å²) in [6.07, 6.45) is 2.40. The Morgan fingerprint density at radius 1 is 1.43 bits per heavy atom. The molecule has 1 saturated carbocycles. The van der Waals surface area contributed by atoms with Crippen molar-refractivity contribution >= 4 is 0 Å². The topological polar surface area (TPSA) is 12.0 Å². The number of halogens is 1. The molecule has 1 N–H and O–H groups in total. The van der Waals surface area contributed by atoms with Crippen molar-refractivity contribution in [3.05, 3.63) is 35.4 Å². The summed E-state index contributed by atoms with van der Waals surface area (Å²) in [7, 11) is 1.90. The number of alkyl halides is 1. The first-order chi connectivity index (χ1) is 6.74. The molecule has 0 aromatic heterocycles. The van der Waals surface area contributed by atoms with Crippen LogP contribution in [0.15, 0.2) is 24.3 Å². The highest BCUT2D eigenvalue weighted by molar-refractivity contribution is 5.29. The van der Waals surface area contributed by atoms with Gasteiger partial charge in [-0.25, -0.2) is 4.39 Å². The van der Waals surface area contributed by atoms with Gasteiger partial charge in [0.2, 0.25) is 0 Å². The zero-order chi connectivity index (χ0) is 10.0. The largest absolute Gasteiger partial charge is 0.316 e. The molecular weight excluding hydrogens is 177 g/mol. The third-order valence-electron chi connectivity index (χ3n) is 2.97.